The van der Waals surface area contributed by atoms with Crippen molar-refractivity contribution in [1.29, 1.82) is 0 Å². The Kier molecular flexibility index (Phi) is 6.77. The van der Waals surface area contributed by atoms with Crippen LogP contribution in [0.5, 0.6) is 0 Å². The van der Waals surface area contributed by atoms with Crippen LogP contribution in [0.4, 0.5) is 0 Å². The Morgan fingerprint density at radius 2 is 1.71 bits per heavy atom. The highest BCUT2D eigenvalue weighted by Gasteiger charge is 2.68. The minimum atomic E-state index is -0.442. The molecule has 192 valence electrons. The summed E-state index contributed by atoms with van der Waals surface area (Å²) >= 11 is 0. The van der Waals surface area contributed by atoms with Crippen molar-refractivity contribution < 1.29 is 19.1 Å². The van der Waals surface area contributed by atoms with E-state index >= 15 is 0 Å². The van der Waals surface area contributed by atoms with Crippen LogP contribution in [0.2, 0.25) is 0 Å². The molecule has 0 amide bonds. The van der Waals surface area contributed by atoms with Gasteiger partial charge < -0.3 is 14.3 Å². The minimum absolute atomic E-state index is 0.0547. The Labute approximate surface area is 207 Å². The van der Waals surface area contributed by atoms with E-state index in [1.807, 2.05) is 0 Å². The SMILES string of the molecule is CC(=O)CCCC(C)(C)C/C=C1\CC[C@@H]2[C@@]3(C)CCC4(OCCO4)C(C)(C)[C@@H]3CC[C@@]2(C)C1=O. The van der Waals surface area contributed by atoms with Crippen molar-refractivity contribution in [3.05, 3.63) is 11.6 Å². The van der Waals surface area contributed by atoms with Gasteiger partial charge in [0.2, 0.25) is 0 Å². The van der Waals surface area contributed by atoms with E-state index in [4.69, 9.17) is 9.47 Å². The highest BCUT2D eigenvalue weighted by atomic mass is 16.7. The maximum Gasteiger partial charge on any atom is 0.173 e. The number of allylic oxidation sites excluding steroid dienone is 2. The Bertz CT molecular complexity index is 846. The molecule has 4 atom stereocenters. The molecule has 4 rings (SSSR count). The summed E-state index contributed by atoms with van der Waals surface area (Å²) in [5.41, 5.74) is 1.01. The number of carbonyl (C=O) groups is 2. The van der Waals surface area contributed by atoms with Gasteiger partial charge in [0.05, 0.1) is 13.2 Å². The molecule has 0 aromatic rings. The largest absolute Gasteiger partial charge is 0.347 e. The van der Waals surface area contributed by atoms with Crippen molar-refractivity contribution in [2.45, 2.75) is 118 Å². The molecule has 1 saturated heterocycles. The molecule has 4 heteroatoms. The van der Waals surface area contributed by atoms with Gasteiger partial charge in [-0.05, 0) is 86.5 Å². The number of hydrogen-bond donors (Lipinski definition) is 0. The van der Waals surface area contributed by atoms with Crippen LogP contribution < -0.4 is 0 Å². The van der Waals surface area contributed by atoms with Gasteiger partial charge in [0.1, 0.15) is 5.78 Å². The Morgan fingerprint density at radius 1 is 1.03 bits per heavy atom. The Balaban J connectivity index is 1.51. The number of rotatable bonds is 6. The first-order valence-corrected chi connectivity index (χ1v) is 13.8. The van der Waals surface area contributed by atoms with Crippen LogP contribution in [-0.2, 0) is 19.1 Å². The van der Waals surface area contributed by atoms with Crippen LogP contribution in [0, 0.1) is 33.5 Å². The zero-order chi connectivity index (χ0) is 25.0. The molecule has 1 spiro atoms. The summed E-state index contributed by atoms with van der Waals surface area (Å²) in [6, 6.07) is 0. The summed E-state index contributed by atoms with van der Waals surface area (Å²) in [5, 5.41) is 0. The monoisotopic (exact) mass is 472 g/mol. The average molecular weight is 473 g/mol. The third-order valence-corrected chi connectivity index (χ3v) is 10.7. The number of fused-ring (bicyclic) bond motifs is 3. The molecular weight excluding hydrogens is 424 g/mol. The zero-order valence-electron chi connectivity index (χ0n) is 22.9. The minimum Gasteiger partial charge on any atom is -0.347 e. The van der Waals surface area contributed by atoms with Gasteiger partial charge in [-0.2, -0.15) is 0 Å². The van der Waals surface area contributed by atoms with E-state index in [0.29, 0.717) is 37.3 Å². The number of ether oxygens (including phenoxy) is 2. The molecular formula is C30H48O4. The van der Waals surface area contributed by atoms with Crippen molar-refractivity contribution >= 4 is 11.6 Å². The van der Waals surface area contributed by atoms with E-state index in [1.54, 1.807) is 6.92 Å². The fraction of sp³-hybridized carbons (Fsp3) is 0.867. The van der Waals surface area contributed by atoms with Crippen molar-refractivity contribution in [2.24, 2.45) is 33.5 Å². The number of Topliss-reactive ketones (excluding diaryl/α,β-unsaturated/α-hetero) is 2. The first-order chi connectivity index (χ1) is 15.8. The molecule has 0 aromatic heterocycles. The third kappa shape index (κ3) is 4.15. The van der Waals surface area contributed by atoms with Crippen LogP contribution in [-0.4, -0.2) is 30.6 Å². The van der Waals surface area contributed by atoms with Crippen molar-refractivity contribution in [2.75, 3.05) is 13.2 Å². The van der Waals surface area contributed by atoms with Crippen molar-refractivity contribution in [3.63, 3.8) is 0 Å². The lowest BCUT2D eigenvalue weighted by Crippen LogP contribution is -2.65. The summed E-state index contributed by atoms with van der Waals surface area (Å²) in [6.45, 7) is 17.1. The average Bonchev–Trinajstić information content (AvgIpc) is 3.22. The topological polar surface area (TPSA) is 52.6 Å². The van der Waals surface area contributed by atoms with Crippen LogP contribution >= 0.6 is 0 Å². The van der Waals surface area contributed by atoms with Gasteiger partial charge in [-0.3, -0.25) is 4.79 Å². The second-order valence-corrected chi connectivity index (χ2v) is 13.8. The Morgan fingerprint density at radius 3 is 2.35 bits per heavy atom. The molecule has 0 N–H and O–H groups in total. The quantitative estimate of drug-likeness (QED) is 0.389. The number of carbonyl (C=O) groups excluding carboxylic acids is 2. The lowest BCUT2D eigenvalue weighted by atomic mass is 9.39. The van der Waals surface area contributed by atoms with Gasteiger partial charge in [0.25, 0.3) is 0 Å². The maximum atomic E-state index is 14.0. The zero-order valence-corrected chi connectivity index (χ0v) is 22.9. The van der Waals surface area contributed by atoms with E-state index in [9.17, 15) is 9.59 Å². The van der Waals surface area contributed by atoms with Crippen LogP contribution in [0.25, 0.3) is 0 Å². The predicted octanol–water partition coefficient (Wildman–Crippen LogP) is 7.05. The second kappa shape index (κ2) is 8.83. The van der Waals surface area contributed by atoms with Crippen LogP contribution in [0.1, 0.15) is 113 Å². The standard InChI is InChI=1S/C30H48O4/c1-21(31)9-8-14-26(2,3)15-12-22-10-11-24-28(6)17-18-30(33-19-20-34-30)27(4,5)23(28)13-16-29(24,7)25(22)32/h12,23-24H,8-11,13-20H2,1-7H3/b22-12+/t23-,24+,28-,29+/m0/s1. The fourth-order valence-electron chi connectivity index (χ4n) is 8.66. The van der Waals surface area contributed by atoms with E-state index in [0.717, 1.165) is 63.4 Å². The predicted molar refractivity (Wildman–Crippen MR) is 135 cm³/mol. The highest BCUT2D eigenvalue weighted by molar-refractivity contribution is 6.00. The third-order valence-electron chi connectivity index (χ3n) is 10.7. The molecule has 3 aliphatic carbocycles. The molecule has 3 saturated carbocycles. The summed E-state index contributed by atoms with van der Waals surface area (Å²) in [5.74, 6) is 1.16. The maximum absolute atomic E-state index is 14.0. The van der Waals surface area contributed by atoms with Crippen LogP contribution in [0.15, 0.2) is 11.6 Å². The molecule has 0 bridgehead atoms. The van der Waals surface area contributed by atoms with Gasteiger partial charge in [-0.25, -0.2) is 0 Å². The lowest BCUT2D eigenvalue weighted by Gasteiger charge is -2.66. The van der Waals surface area contributed by atoms with Crippen LogP contribution in [0.3, 0.4) is 0 Å². The molecule has 4 aliphatic rings. The van der Waals surface area contributed by atoms with E-state index in [-0.39, 0.29) is 27.4 Å². The summed E-state index contributed by atoms with van der Waals surface area (Å²) in [6.07, 6.45) is 11.8. The molecule has 1 aliphatic heterocycles. The lowest BCUT2D eigenvalue weighted by molar-refractivity contribution is -0.301. The molecule has 0 aromatic carbocycles. The van der Waals surface area contributed by atoms with E-state index in [1.165, 1.54) is 0 Å². The first kappa shape index (κ1) is 26.1. The van der Waals surface area contributed by atoms with Gasteiger partial charge in [0.15, 0.2) is 11.6 Å². The molecule has 1 heterocycles. The van der Waals surface area contributed by atoms with Gasteiger partial charge in [0, 0.05) is 23.7 Å². The van der Waals surface area contributed by atoms with Crippen molar-refractivity contribution in [3.8, 4) is 0 Å². The molecule has 4 fully saturated rings. The summed E-state index contributed by atoms with van der Waals surface area (Å²) < 4.78 is 12.6. The molecule has 0 radical (unpaired) electrons. The van der Waals surface area contributed by atoms with E-state index < -0.39 is 5.79 Å². The van der Waals surface area contributed by atoms with Gasteiger partial charge >= 0.3 is 0 Å². The molecule has 4 nitrogen and oxygen atoms in total. The first-order valence-electron chi connectivity index (χ1n) is 13.8. The molecule has 34 heavy (non-hydrogen) atoms. The van der Waals surface area contributed by atoms with Gasteiger partial charge in [-0.15, -0.1) is 0 Å². The van der Waals surface area contributed by atoms with Gasteiger partial charge in [-0.1, -0.05) is 47.6 Å². The number of ketones is 2. The molecule has 0 unspecified atom stereocenters. The summed E-state index contributed by atoms with van der Waals surface area (Å²) in [7, 11) is 0. The second-order valence-electron chi connectivity index (χ2n) is 13.8. The van der Waals surface area contributed by atoms with E-state index in [2.05, 4.69) is 47.6 Å². The smallest absolute Gasteiger partial charge is 0.173 e. The fourth-order valence-corrected chi connectivity index (χ4v) is 8.66. The number of hydrogen-bond acceptors (Lipinski definition) is 4. The summed E-state index contributed by atoms with van der Waals surface area (Å²) in [4.78, 5) is 25.3. The highest BCUT2D eigenvalue weighted by Crippen LogP contribution is 2.69. The van der Waals surface area contributed by atoms with Crippen molar-refractivity contribution in [1.82, 2.24) is 0 Å². The normalized spacial score (nSPS) is 38.1. The Hall–Kier alpha value is -1.00.